The average molecular weight is 289 g/mol. The highest BCUT2D eigenvalue weighted by atomic mass is 32.2. The Morgan fingerprint density at radius 3 is 2.95 bits per heavy atom. The number of nitrogens with zero attached hydrogens (tertiary/aromatic N) is 1. The summed E-state index contributed by atoms with van der Waals surface area (Å²) >= 11 is 1.68. The quantitative estimate of drug-likeness (QED) is 0.887. The molecule has 0 bridgehead atoms. The Kier molecular flexibility index (Phi) is 4.84. The van der Waals surface area contributed by atoms with Crippen molar-refractivity contribution in [3.63, 3.8) is 0 Å². The van der Waals surface area contributed by atoms with Gasteiger partial charge in [-0.25, -0.2) is 4.98 Å². The number of aromatic amines is 1. The molecular formula is C15H19N3OS. The number of aromatic nitrogens is 2. The van der Waals surface area contributed by atoms with E-state index in [9.17, 15) is 4.79 Å². The molecule has 1 heterocycles. The van der Waals surface area contributed by atoms with Crippen LogP contribution in [0.3, 0.4) is 0 Å². The highest BCUT2D eigenvalue weighted by Crippen LogP contribution is 2.20. The third-order valence-corrected chi connectivity index (χ3v) is 3.80. The molecule has 0 fully saturated rings. The first-order chi connectivity index (χ1) is 9.60. The van der Waals surface area contributed by atoms with E-state index < -0.39 is 0 Å². The van der Waals surface area contributed by atoms with Crippen molar-refractivity contribution >= 4 is 23.4 Å². The van der Waals surface area contributed by atoms with Gasteiger partial charge in [0.15, 0.2) is 0 Å². The van der Waals surface area contributed by atoms with Gasteiger partial charge in [-0.05, 0) is 25.3 Å². The number of rotatable bonds is 5. The molecule has 0 aliphatic rings. The van der Waals surface area contributed by atoms with Crippen molar-refractivity contribution in [3.8, 4) is 11.4 Å². The third-order valence-electron chi connectivity index (χ3n) is 2.97. The molecule has 0 aliphatic heterocycles. The van der Waals surface area contributed by atoms with Gasteiger partial charge in [0.2, 0.25) is 5.91 Å². The lowest BCUT2D eigenvalue weighted by Gasteiger charge is -2.11. The van der Waals surface area contributed by atoms with Crippen molar-refractivity contribution in [2.45, 2.75) is 13.8 Å². The van der Waals surface area contributed by atoms with Gasteiger partial charge >= 0.3 is 0 Å². The van der Waals surface area contributed by atoms with Gasteiger partial charge in [0.25, 0.3) is 0 Å². The molecule has 1 aromatic carbocycles. The Labute approximate surface area is 123 Å². The zero-order chi connectivity index (χ0) is 14.5. The molecule has 1 amide bonds. The predicted octanol–water partition coefficient (Wildman–Crippen LogP) is 3.32. The molecule has 1 aromatic heterocycles. The fraction of sp³-hybridized carbons (Fsp3) is 0.333. The molecule has 2 N–H and O–H groups in total. The van der Waals surface area contributed by atoms with Crippen LogP contribution in [0.5, 0.6) is 0 Å². The summed E-state index contributed by atoms with van der Waals surface area (Å²) in [7, 11) is 0. The van der Waals surface area contributed by atoms with Crippen molar-refractivity contribution < 1.29 is 4.79 Å². The molecule has 106 valence electrons. The molecule has 0 saturated carbocycles. The number of anilines is 1. The number of H-pyrrole nitrogens is 1. The van der Waals surface area contributed by atoms with Crippen LogP contribution >= 0.6 is 11.8 Å². The summed E-state index contributed by atoms with van der Waals surface area (Å²) < 4.78 is 0. The third kappa shape index (κ3) is 3.63. The van der Waals surface area contributed by atoms with Gasteiger partial charge in [-0.15, -0.1) is 0 Å². The molecule has 0 saturated heterocycles. The number of thioether (sulfide) groups is 1. The van der Waals surface area contributed by atoms with E-state index in [1.165, 1.54) is 0 Å². The summed E-state index contributed by atoms with van der Waals surface area (Å²) in [6, 6.07) is 7.71. The fourth-order valence-electron chi connectivity index (χ4n) is 1.89. The summed E-state index contributed by atoms with van der Waals surface area (Å²) in [5.41, 5.74) is 2.78. The van der Waals surface area contributed by atoms with Crippen LogP contribution in [-0.2, 0) is 4.79 Å². The number of hydrogen-bond donors (Lipinski definition) is 2. The van der Waals surface area contributed by atoms with Gasteiger partial charge < -0.3 is 10.3 Å². The van der Waals surface area contributed by atoms with Crippen LogP contribution in [0.15, 0.2) is 30.5 Å². The van der Waals surface area contributed by atoms with E-state index >= 15 is 0 Å². The van der Waals surface area contributed by atoms with Crippen LogP contribution in [0.2, 0.25) is 0 Å². The largest absolute Gasteiger partial charge is 0.342 e. The van der Waals surface area contributed by atoms with Crippen LogP contribution in [-0.4, -0.2) is 27.9 Å². The van der Waals surface area contributed by atoms with E-state index in [1.807, 2.05) is 44.4 Å². The molecule has 2 rings (SSSR count). The molecule has 1 atom stereocenters. The monoisotopic (exact) mass is 289 g/mol. The van der Waals surface area contributed by atoms with Crippen molar-refractivity contribution in [2.75, 3.05) is 17.3 Å². The average Bonchev–Trinajstić information content (AvgIpc) is 2.86. The maximum absolute atomic E-state index is 12.0. The molecular weight excluding hydrogens is 270 g/mol. The zero-order valence-corrected chi connectivity index (χ0v) is 12.8. The van der Waals surface area contributed by atoms with E-state index in [4.69, 9.17) is 0 Å². The summed E-state index contributed by atoms with van der Waals surface area (Å²) in [5, 5.41) is 2.95. The first kappa shape index (κ1) is 14.7. The SMILES string of the molecule is CSCC(C)C(=O)Nc1cccc(-c2ncc(C)[nH]2)c1. The Hall–Kier alpha value is -1.75. The second-order valence-electron chi connectivity index (χ2n) is 4.84. The number of imidazole rings is 1. The summed E-state index contributed by atoms with van der Waals surface area (Å²) in [6.07, 6.45) is 3.80. The van der Waals surface area contributed by atoms with E-state index in [2.05, 4.69) is 15.3 Å². The highest BCUT2D eigenvalue weighted by Gasteiger charge is 2.12. The Morgan fingerprint density at radius 2 is 2.30 bits per heavy atom. The smallest absolute Gasteiger partial charge is 0.228 e. The fourth-order valence-corrected chi connectivity index (χ4v) is 2.55. The zero-order valence-electron chi connectivity index (χ0n) is 11.9. The van der Waals surface area contributed by atoms with Gasteiger partial charge in [-0.3, -0.25) is 4.79 Å². The molecule has 20 heavy (non-hydrogen) atoms. The van der Waals surface area contributed by atoms with Gasteiger partial charge in [-0.2, -0.15) is 11.8 Å². The number of benzene rings is 1. The molecule has 0 aliphatic carbocycles. The first-order valence-corrected chi connectivity index (χ1v) is 7.91. The summed E-state index contributed by atoms with van der Waals surface area (Å²) in [4.78, 5) is 19.5. The Morgan fingerprint density at radius 1 is 1.50 bits per heavy atom. The first-order valence-electron chi connectivity index (χ1n) is 6.52. The van der Waals surface area contributed by atoms with E-state index in [0.29, 0.717) is 0 Å². The minimum atomic E-state index is -0.000451. The maximum Gasteiger partial charge on any atom is 0.228 e. The van der Waals surface area contributed by atoms with E-state index in [1.54, 1.807) is 18.0 Å². The lowest BCUT2D eigenvalue weighted by molar-refractivity contribution is -0.118. The van der Waals surface area contributed by atoms with Gasteiger partial charge in [0, 0.05) is 34.8 Å². The van der Waals surface area contributed by atoms with Crippen LogP contribution in [0.25, 0.3) is 11.4 Å². The molecule has 4 nitrogen and oxygen atoms in total. The standard InChI is InChI=1S/C15H19N3OS/c1-10(9-20-3)15(19)18-13-6-4-5-12(7-13)14-16-8-11(2)17-14/h4-8,10H,9H2,1-3H3,(H,16,17)(H,18,19). The van der Waals surface area contributed by atoms with E-state index in [0.717, 1.165) is 28.5 Å². The number of carbonyl (C=O) groups excluding carboxylic acids is 1. The van der Waals surface area contributed by atoms with Gasteiger partial charge in [-0.1, -0.05) is 19.1 Å². The summed E-state index contributed by atoms with van der Waals surface area (Å²) in [6.45, 7) is 3.90. The highest BCUT2D eigenvalue weighted by molar-refractivity contribution is 7.98. The lowest BCUT2D eigenvalue weighted by Crippen LogP contribution is -2.22. The molecule has 0 spiro atoms. The molecule has 2 aromatic rings. The minimum Gasteiger partial charge on any atom is -0.342 e. The van der Waals surface area contributed by atoms with Crippen molar-refractivity contribution in [2.24, 2.45) is 5.92 Å². The number of aryl methyl sites for hydroxylation is 1. The minimum absolute atomic E-state index is 0.000451. The second-order valence-corrected chi connectivity index (χ2v) is 5.75. The molecule has 1 unspecified atom stereocenters. The lowest BCUT2D eigenvalue weighted by atomic mass is 10.1. The van der Waals surface area contributed by atoms with Crippen LogP contribution in [0.4, 0.5) is 5.69 Å². The topological polar surface area (TPSA) is 57.8 Å². The van der Waals surface area contributed by atoms with Crippen molar-refractivity contribution in [3.05, 3.63) is 36.2 Å². The van der Waals surface area contributed by atoms with Crippen molar-refractivity contribution in [1.29, 1.82) is 0 Å². The van der Waals surface area contributed by atoms with Crippen LogP contribution in [0.1, 0.15) is 12.6 Å². The maximum atomic E-state index is 12.0. The van der Waals surface area contributed by atoms with Crippen LogP contribution < -0.4 is 5.32 Å². The van der Waals surface area contributed by atoms with Crippen molar-refractivity contribution in [1.82, 2.24) is 9.97 Å². The molecule has 0 radical (unpaired) electrons. The number of hydrogen-bond acceptors (Lipinski definition) is 3. The Bertz CT molecular complexity index is 594. The number of nitrogens with one attached hydrogen (secondary N) is 2. The van der Waals surface area contributed by atoms with Gasteiger partial charge in [0.05, 0.1) is 0 Å². The van der Waals surface area contributed by atoms with Gasteiger partial charge in [0.1, 0.15) is 5.82 Å². The number of amides is 1. The number of carbonyl (C=O) groups is 1. The second kappa shape index (κ2) is 6.61. The van der Waals surface area contributed by atoms with E-state index in [-0.39, 0.29) is 11.8 Å². The predicted molar refractivity (Wildman–Crippen MR) is 84.9 cm³/mol. The normalized spacial score (nSPS) is 12.2. The Balaban J connectivity index is 2.12. The molecule has 5 heteroatoms. The van der Waals surface area contributed by atoms with Crippen LogP contribution in [0, 0.1) is 12.8 Å². The summed E-state index contributed by atoms with van der Waals surface area (Å²) in [5.74, 6) is 1.69.